The van der Waals surface area contributed by atoms with Crippen LogP contribution in [0, 0.1) is 0 Å². The van der Waals surface area contributed by atoms with E-state index in [0.29, 0.717) is 28.5 Å². The van der Waals surface area contributed by atoms with Crippen molar-refractivity contribution in [2.45, 2.75) is 25.9 Å². The molecule has 1 N–H and O–H groups in total. The summed E-state index contributed by atoms with van der Waals surface area (Å²) in [5.74, 6) is -3.27. The summed E-state index contributed by atoms with van der Waals surface area (Å²) in [7, 11) is 0. The number of hydrogen-bond donors (Lipinski definition) is 1. The van der Waals surface area contributed by atoms with Crippen molar-refractivity contribution >= 4 is 40.3 Å². The van der Waals surface area contributed by atoms with Gasteiger partial charge in [0.1, 0.15) is 30.2 Å². The number of hydrogen-bond acceptors (Lipinski definition) is 7. The molecular formula is C25H27ClN4O6. The average molecular weight is 521 g/mol. The van der Waals surface area contributed by atoms with Crippen LogP contribution in [0.2, 0.25) is 5.02 Å². The minimum absolute atomic E-state index is 0.0432. The Balaban J connectivity index is 1.75. The quantitative estimate of drug-likeness (QED) is 0.509. The van der Waals surface area contributed by atoms with Crippen LogP contribution in [0.15, 0.2) is 40.9 Å². The molecule has 1 atom stereocenters. The molecule has 11 heteroatoms. The SMILES string of the molecule is [2H]C([2H])([2H])N(C(=O)CN1C(=O)c2oc3ccc(Cl)cc3c2OCC1(C)C(=O)NCc1ncccc1OCC)C([2H])([2H])[2H]. The number of rotatable bonds is 7. The molecule has 0 saturated heterocycles. The second-order valence-electron chi connectivity index (χ2n) is 8.15. The van der Waals surface area contributed by atoms with Gasteiger partial charge in [-0.1, -0.05) is 11.6 Å². The maximum Gasteiger partial charge on any atom is 0.295 e. The number of pyridine rings is 1. The van der Waals surface area contributed by atoms with E-state index in [1.54, 1.807) is 19.1 Å². The fourth-order valence-corrected chi connectivity index (χ4v) is 3.98. The zero-order valence-corrected chi connectivity index (χ0v) is 20.2. The lowest BCUT2D eigenvalue weighted by atomic mass is 9.99. The van der Waals surface area contributed by atoms with Crippen molar-refractivity contribution in [1.82, 2.24) is 20.1 Å². The van der Waals surface area contributed by atoms with Crippen molar-refractivity contribution < 1.29 is 36.5 Å². The fraction of sp³-hybridized carbons (Fsp3) is 0.360. The summed E-state index contributed by atoms with van der Waals surface area (Å²) in [4.78, 5) is 45.6. The smallest absolute Gasteiger partial charge is 0.295 e. The number of carbonyl (C=O) groups is 3. The number of carbonyl (C=O) groups excluding carboxylic acids is 3. The molecule has 2 aromatic heterocycles. The molecule has 3 heterocycles. The first-order chi connectivity index (χ1) is 19.6. The van der Waals surface area contributed by atoms with Crippen LogP contribution in [-0.4, -0.2) is 71.8 Å². The van der Waals surface area contributed by atoms with E-state index in [9.17, 15) is 14.4 Å². The zero-order chi connectivity index (χ0) is 31.0. The molecule has 0 fully saturated rings. The Morgan fingerprint density at radius 2 is 2.17 bits per heavy atom. The van der Waals surface area contributed by atoms with Gasteiger partial charge in [0.25, 0.3) is 5.91 Å². The van der Waals surface area contributed by atoms with Crippen molar-refractivity contribution in [3.05, 3.63) is 53.0 Å². The van der Waals surface area contributed by atoms with E-state index in [1.165, 1.54) is 31.3 Å². The van der Waals surface area contributed by atoms with E-state index in [-0.39, 0.29) is 28.5 Å². The number of nitrogens with zero attached hydrogens (tertiary/aromatic N) is 3. The van der Waals surface area contributed by atoms with Gasteiger partial charge in [0.15, 0.2) is 11.3 Å². The Morgan fingerprint density at radius 3 is 2.92 bits per heavy atom. The van der Waals surface area contributed by atoms with Crippen LogP contribution in [0.1, 0.15) is 38.3 Å². The van der Waals surface area contributed by atoms with Crippen LogP contribution in [0.25, 0.3) is 11.0 Å². The highest BCUT2D eigenvalue weighted by atomic mass is 35.5. The van der Waals surface area contributed by atoms with Crippen LogP contribution >= 0.6 is 11.6 Å². The number of ether oxygens (including phenoxy) is 2. The molecule has 3 amide bonds. The monoisotopic (exact) mass is 520 g/mol. The Bertz CT molecular complexity index is 1510. The summed E-state index contributed by atoms with van der Waals surface area (Å²) in [5, 5.41) is 3.29. The lowest BCUT2D eigenvalue weighted by molar-refractivity contribution is -0.137. The maximum atomic E-state index is 13.9. The second-order valence-corrected chi connectivity index (χ2v) is 8.58. The molecule has 0 radical (unpaired) electrons. The summed E-state index contributed by atoms with van der Waals surface area (Å²) in [6.45, 7) is -5.09. The molecule has 36 heavy (non-hydrogen) atoms. The standard InChI is InChI=1S/C25H27ClN4O6/c1-5-34-19-7-6-10-27-17(19)12-28-24(33)25(2)14-35-21-16-11-15(26)8-9-18(16)36-22(21)23(32)30(25)13-20(31)29(3)4/h6-11H,5,12-14H2,1-4H3,(H,28,33)/i3D3,4D3. The molecule has 0 aliphatic carbocycles. The summed E-state index contributed by atoms with van der Waals surface area (Å²) in [5.41, 5.74) is -1.36. The minimum Gasteiger partial charge on any atom is -0.492 e. The number of furan rings is 1. The van der Waals surface area contributed by atoms with E-state index >= 15 is 0 Å². The third-order valence-electron chi connectivity index (χ3n) is 5.73. The van der Waals surface area contributed by atoms with E-state index in [4.69, 9.17) is 33.7 Å². The molecule has 1 unspecified atom stereocenters. The first-order valence-corrected chi connectivity index (χ1v) is 11.3. The lowest BCUT2D eigenvalue weighted by Crippen LogP contribution is -2.62. The largest absolute Gasteiger partial charge is 0.492 e. The van der Waals surface area contributed by atoms with Crippen molar-refractivity contribution in [3.8, 4) is 11.5 Å². The van der Waals surface area contributed by atoms with Crippen LogP contribution in [0.3, 0.4) is 0 Å². The second kappa shape index (κ2) is 10.1. The normalized spacial score (nSPS) is 20.4. The van der Waals surface area contributed by atoms with Gasteiger partial charge in [-0.25, -0.2) is 0 Å². The predicted octanol–water partition coefficient (Wildman–Crippen LogP) is 2.88. The molecule has 0 bridgehead atoms. The summed E-state index contributed by atoms with van der Waals surface area (Å²) in [6, 6.07) is 7.83. The Hall–Kier alpha value is -3.79. The van der Waals surface area contributed by atoms with Gasteiger partial charge in [0.05, 0.1) is 18.5 Å². The van der Waals surface area contributed by atoms with Gasteiger partial charge in [-0.15, -0.1) is 0 Å². The molecule has 190 valence electrons. The Morgan fingerprint density at radius 1 is 1.36 bits per heavy atom. The molecular weight excluding hydrogens is 488 g/mol. The zero-order valence-electron chi connectivity index (χ0n) is 25.5. The number of halogens is 1. The molecule has 3 aromatic rings. The Kier molecular flexibility index (Phi) is 5.16. The van der Waals surface area contributed by atoms with Gasteiger partial charge in [-0.2, -0.15) is 0 Å². The van der Waals surface area contributed by atoms with Gasteiger partial charge < -0.3 is 29.0 Å². The highest BCUT2D eigenvalue weighted by molar-refractivity contribution is 6.31. The van der Waals surface area contributed by atoms with Crippen molar-refractivity contribution in [3.63, 3.8) is 0 Å². The number of benzene rings is 1. The van der Waals surface area contributed by atoms with Crippen LogP contribution in [0.4, 0.5) is 0 Å². The first-order valence-electron chi connectivity index (χ1n) is 13.9. The molecule has 0 saturated carbocycles. The number of nitrogens with one attached hydrogen (secondary N) is 1. The molecule has 0 spiro atoms. The van der Waals surface area contributed by atoms with E-state index in [2.05, 4.69) is 10.3 Å². The fourth-order valence-electron chi connectivity index (χ4n) is 3.81. The van der Waals surface area contributed by atoms with Crippen LogP contribution < -0.4 is 14.8 Å². The molecule has 1 aliphatic heterocycles. The molecule has 4 rings (SSSR count). The highest BCUT2D eigenvalue weighted by Gasteiger charge is 2.48. The van der Waals surface area contributed by atoms with Crippen LogP contribution in [-0.2, 0) is 16.1 Å². The average Bonchev–Trinajstić information content (AvgIpc) is 3.20. The van der Waals surface area contributed by atoms with Crippen molar-refractivity contribution in [2.24, 2.45) is 0 Å². The predicted molar refractivity (Wildman–Crippen MR) is 132 cm³/mol. The van der Waals surface area contributed by atoms with Gasteiger partial charge >= 0.3 is 0 Å². The third kappa shape index (κ3) is 4.68. The highest BCUT2D eigenvalue weighted by Crippen LogP contribution is 2.39. The molecule has 1 aromatic carbocycles. The minimum atomic E-state index is -3.37. The van der Waals surface area contributed by atoms with Crippen molar-refractivity contribution in [1.29, 1.82) is 0 Å². The number of aromatic nitrogens is 1. The lowest BCUT2D eigenvalue weighted by Gasteiger charge is -2.37. The van der Waals surface area contributed by atoms with E-state index in [1.807, 2.05) is 0 Å². The van der Waals surface area contributed by atoms with E-state index in [0.717, 1.165) is 4.90 Å². The topological polar surface area (TPSA) is 114 Å². The molecule has 10 nitrogen and oxygen atoms in total. The summed E-state index contributed by atoms with van der Waals surface area (Å²) >= 11 is 6.12. The van der Waals surface area contributed by atoms with Crippen LogP contribution in [0.5, 0.6) is 11.5 Å². The van der Waals surface area contributed by atoms with Gasteiger partial charge in [-0.3, -0.25) is 19.4 Å². The number of amides is 3. The van der Waals surface area contributed by atoms with Gasteiger partial charge in [0.2, 0.25) is 17.6 Å². The van der Waals surface area contributed by atoms with Gasteiger partial charge in [-0.05, 0) is 44.2 Å². The number of fused-ring (bicyclic) bond motifs is 3. The van der Waals surface area contributed by atoms with Crippen molar-refractivity contribution in [2.75, 3.05) is 33.7 Å². The van der Waals surface area contributed by atoms with Gasteiger partial charge in [0, 0.05) is 33.4 Å². The molecule has 1 aliphatic rings. The summed E-state index contributed by atoms with van der Waals surface area (Å²) in [6.07, 6.45) is 1.50. The first kappa shape index (κ1) is 18.5. The third-order valence-corrected chi connectivity index (χ3v) is 5.97. The summed E-state index contributed by atoms with van der Waals surface area (Å²) < 4.78 is 62.9. The number of likely N-dealkylation sites (N-methyl/N-ethyl adjacent to an activating group) is 1. The Labute approximate surface area is 221 Å². The maximum absolute atomic E-state index is 13.9. The van der Waals surface area contributed by atoms with E-state index < -0.39 is 50.4 Å².